The van der Waals surface area contributed by atoms with Crippen LogP contribution in [0.1, 0.15) is 0 Å². The second-order valence-electron chi connectivity index (χ2n) is 14.7. The number of aromatic nitrogens is 4. The van der Waals surface area contributed by atoms with Gasteiger partial charge in [-0.05, 0) is 53.6 Å². The van der Waals surface area contributed by atoms with E-state index in [-0.39, 0.29) is 0 Å². The lowest BCUT2D eigenvalue weighted by molar-refractivity contribution is 0.670. The minimum atomic E-state index is 0.540. The van der Waals surface area contributed by atoms with Crippen molar-refractivity contribution in [2.45, 2.75) is 0 Å². The molecule has 0 bridgehead atoms. The highest BCUT2D eigenvalue weighted by atomic mass is 32.1. The Hall–Kier alpha value is -7.19. The summed E-state index contributed by atoms with van der Waals surface area (Å²) in [5.74, 6) is 1.77. The zero-order chi connectivity index (χ0) is 37.9. The van der Waals surface area contributed by atoms with E-state index < -0.39 is 0 Å². The van der Waals surface area contributed by atoms with Gasteiger partial charge in [0, 0.05) is 73.0 Å². The van der Waals surface area contributed by atoms with Gasteiger partial charge in [0.25, 0.3) is 0 Å². The Morgan fingerprint density at radius 3 is 1.88 bits per heavy atom. The summed E-state index contributed by atoms with van der Waals surface area (Å²) in [6.45, 7) is 0. The molecule has 5 heterocycles. The van der Waals surface area contributed by atoms with Gasteiger partial charge in [0.2, 0.25) is 5.95 Å². The Morgan fingerprint density at radius 1 is 0.414 bits per heavy atom. The molecule has 58 heavy (non-hydrogen) atoms. The van der Waals surface area contributed by atoms with Crippen LogP contribution in [0.4, 0.5) is 0 Å². The zero-order valence-electron chi connectivity index (χ0n) is 30.7. The van der Waals surface area contributed by atoms with Crippen molar-refractivity contribution in [2.75, 3.05) is 0 Å². The molecule has 0 saturated carbocycles. The molecule has 270 valence electrons. The highest BCUT2D eigenvalue weighted by molar-refractivity contribution is 7.26. The summed E-state index contributed by atoms with van der Waals surface area (Å²) in [5.41, 5.74) is 7.92. The third kappa shape index (κ3) is 4.66. The van der Waals surface area contributed by atoms with Gasteiger partial charge in [0.1, 0.15) is 11.1 Å². The van der Waals surface area contributed by atoms with Crippen molar-refractivity contribution in [3.63, 3.8) is 0 Å². The first-order valence-electron chi connectivity index (χ1n) is 19.3. The molecule has 0 fully saturated rings. The van der Waals surface area contributed by atoms with Crippen molar-refractivity contribution in [3.8, 4) is 39.9 Å². The Morgan fingerprint density at radius 2 is 1.03 bits per heavy atom. The van der Waals surface area contributed by atoms with Crippen LogP contribution in [-0.4, -0.2) is 19.5 Å². The molecular weight excluding hydrogens is 749 g/mol. The maximum atomic E-state index is 6.69. The Balaban J connectivity index is 1.09. The SMILES string of the molecule is c1ccc(-c2cccc3sc4cc(-c5nc(-c6ccc7c(c6)sc6ccccc67)nc(-n6c7ccccc7c7ccc8c9ccccc9oc8c76)n5)ccc4c23)cc1. The van der Waals surface area contributed by atoms with Crippen LogP contribution in [0.2, 0.25) is 0 Å². The van der Waals surface area contributed by atoms with Gasteiger partial charge >= 0.3 is 0 Å². The van der Waals surface area contributed by atoms with Crippen LogP contribution in [0.25, 0.3) is 124 Å². The average molecular weight is 777 g/mol. The number of thiophene rings is 2. The molecule has 0 radical (unpaired) electrons. The molecule has 0 amide bonds. The van der Waals surface area contributed by atoms with Crippen LogP contribution >= 0.6 is 22.7 Å². The number of hydrogen-bond acceptors (Lipinski definition) is 6. The minimum absolute atomic E-state index is 0.540. The Kier molecular flexibility index (Phi) is 6.70. The highest BCUT2D eigenvalue weighted by Crippen LogP contribution is 2.43. The summed E-state index contributed by atoms with van der Waals surface area (Å²) in [5, 5.41) is 9.32. The molecule has 5 nitrogen and oxygen atoms in total. The molecule has 5 aromatic heterocycles. The Bertz CT molecular complexity index is 3820. The smallest absolute Gasteiger partial charge is 0.238 e. The van der Waals surface area contributed by atoms with E-state index in [0.29, 0.717) is 17.6 Å². The predicted octanol–water partition coefficient (Wildman–Crippen LogP) is 14.6. The van der Waals surface area contributed by atoms with Gasteiger partial charge in [-0.3, -0.25) is 4.57 Å². The van der Waals surface area contributed by atoms with Gasteiger partial charge in [0.15, 0.2) is 17.2 Å². The number of benzene rings is 8. The van der Waals surface area contributed by atoms with E-state index in [1.807, 2.05) is 12.1 Å². The van der Waals surface area contributed by atoms with E-state index in [1.54, 1.807) is 22.7 Å². The normalized spacial score (nSPS) is 12.1. The molecule has 0 N–H and O–H groups in total. The van der Waals surface area contributed by atoms with E-state index >= 15 is 0 Å². The van der Waals surface area contributed by atoms with Crippen molar-refractivity contribution >= 4 is 107 Å². The van der Waals surface area contributed by atoms with E-state index in [9.17, 15) is 0 Å². The molecule has 0 aliphatic carbocycles. The van der Waals surface area contributed by atoms with Gasteiger partial charge in [-0.2, -0.15) is 9.97 Å². The summed E-state index contributed by atoms with van der Waals surface area (Å²) >= 11 is 3.60. The zero-order valence-corrected chi connectivity index (χ0v) is 32.3. The van der Waals surface area contributed by atoms with Crippen molar-refractivity contribution in [2.24, 2.45) is 0 Å². The molecular formula is C51H28N4OS2. The molecule has 8 aromatic carbocycles. The lowest BCUT2D eigenvalue weighted by Gasteiger charge is -2.11. The first-order valence-corrected chi connectivity index (χ1v) is 20.9. The predicted molar refractivity (Wildman–Crippen MR) is 244 cm³/mol. The molecule has 0 aliphatic rings. The molecule has 13 rings (SSSR count). The van der Waals surface area contributed by atoms with Crippen LogP contribution in [0.15, 0.2) is 174 Å². The number of rotatable bonds is 4. The van der Waals surface area contributed by atoms with E-state index in [4.69, 9.17) is 19.4 Å². The summed E-state index contributed by atoms with van der Waals surface area (Å²) in [4.78, 5) is 16.0. The van der Waals surface area contributed by atoms with Crippen LogP contribution in [0.3, 0.4) is 0 Å². The summed E-state index contributed by atoms with van der Waals surface area (Å²) in [7, 11) is 0. The van der Waals surface area contributed by atoms with Crippen LogP contribution in [0, 0.1) is 0 Å². The van der Waals surface area contributed by atoms with Gasteiger partial charge in [-0.25, -0.2) is 4.98 Å². The van der Waals surface area contributed by atoms with Gasteiger partial charge in [-0.15, -0.1) is 22.7 Å². The summed E-state index contributed by atoms with van der Waals surface area (Å²) < 4.78 is 13.8. The largest absolute Gasteiger partial charge is 0.454 e. The quantitative estimate of drug-likeness (QED) is 0.179. The van der Waals surface area contributed by atoms with Crippen LogP contribution < -0.4 is 0 Å². The fourth-order valence-corrected chi connectivity index (χ4v) is 11.2. The highest BCUT2D eigenvalue weighted by Gasteiger charge is 2.23. The second kappa shape index (κ2) is 12.2. The number of fused-ring (bicyclic) bond motifs is 13. The summed E-state index contributed by atoms with van der Waals surface area (Å²) in [6, 6.07) is 60.1. The third-order valence-corrected chi connectivity index (χ3v) is 13.7. The molecule has 0 saturated heterocycles. The molecule has 0 aliphatic heterocycles. The lowest BCUT2D eigenvalue weighted by atomic mass is 9.99. The van der Waals surface area contributed by atoms with Gasteiger partial charge < -0.3 is 4.42 Å². The molecule has 0 atom stereocenters. The fraction of sp³-hybridized carbons (Fsp3) is 0. The molecule has 13 aromatic rings. The topological polar surface area (TPSA) is 56.7 Å². The van der Waals surface area contributed by atoms with Crippen molar-refractivity contribution in [1.82, 2.24) is 19.5 Å². The first-order chi connectivity index (χ1) is 28.7. The van der Waals surface area contributed by atoms with E-state index in [2.05, 4.69) is 162 Å². The van der Waals surface area contributed by atoms with Gasteiger partial charge in [0.05, 0.1) is 5.52 Å². The maximum absolute atomic E-state index is 6.69. The number of furan rings is 1. The maximum Gasteiger partial charge on any atom is 0.238 e. The third-order valence-electron chi connectivity index (χ3n) is 11.5. The second-order valence-corrected chi connectivity index (χ2v) is 16.9. The summed E-state index contributed by atoms with van der Waals surface area (Å²) in [6.07, 6.45) is 0. The van der Waals surface area contributed by atoms with Crippen molar-refractivity contribution in [1.29, 1.82) is 0 Å². The van der Waals surface area contributed by atoms with Crippen molar-refractivity contribution in [3.05, 3.63) is 170 Å². The number of nitrogens with zero attached hydrogens (tertiary/aromatic N) is 4. The standard InChI is InChI=1S/C51H28N4OS2/c1-2-11-29(12-3-1)32-16-10-20-43-46(32)39-24-22-31(28-45(39)58-43)50-52-49(30-21-23-36-35-15-6-9-19-42(35)57-44(36)27-30)53-51(54-50)55-40-17-7-4-13-33(40)37-25-26-38-34-14-5-8-18-41(34)56-48(38)47(37)55/h1-28H. The molecule has 0 spiro atoms. The average Bonchev–Trinajstić information content (AvgIpc) is 4.04. The van der Waals surface area contributed by atoms with E-state index in [0.717, 1.165) is 54.9 Å². The first kappa shape index (κ1) is 32.0. The lowest BCUT2D eigenvalue weighted by Crippen LogP contribution is -2.06. The van der Waals surface area contributed by atoms with Crippen LogP contribution in [-0.2, 0) is 0 Å². The molecule has 0 unspecified atom stereocenters. The van der Waals surface area contributed by atoms with E-state index in [1.165, 1.54) is 51.5 Å². The monoisotopic (exact) mass is 776 g/mol. The number of para-hydroxylation sites is 2. The van der Waals surface area contributed by atoms with Crippen molar-refractivity contribution < 1.29 is 4.42 Å². The minimum Gasteiger partial charge on any atom is -0.454 e. The molecule has 7 heteroatoms. The van der Waals surface area contributed by atoms with Gasteiger partial charge in [-0.1, -0.05) is 127 Å². The fourth-order valence-electron chi connectivity index (χ4n) is 8.85. The van der Waals surface area contributed by atoms with Crippen LogP contribution in [0.5, 0.6) is 0 Å². The number of hydrogen-bond donors (Lipinski definition) is 0. The Labute approximate surface area is 338 Å².